The Balaban J connectivity index is 0.000000585. The first kappa shape index (κ1) is 20.6. The average Bonchev–Trinajstić information content (AvgIpc) is 2.44. The van der Waals surface area contributed by atoms with Crippen molar-refractivity contribution in [3.8, 4) is 0 Å². The molecule has 0 saturated carbocycles. The quantitative estimate of drug-likeness (QED) is 0.661. The fourth-order valence-electron chi connectivity index (χ4n) is 1.25. The fourth-order valence-corrected chi connectivity index (χ4v) is 1.25. The summed E-state index contributed by atoms with van der Waals surface area (Å²) in [6.45, 7) is 3.69. The highest BCUT2D eigenvalue weighted by Crippen LogP contribution is 2.13. The van der Waals surface area contributed by atoms with Gasteiger partial charge in [0.15, 0.2) is 12.4 Å². The number of ether oxygens (including phenoxy) is 1. The van der Waals surface area contributed by atoms with Gasteiger partial charge >= 0.3 is 18.1 Å². The molecule has 0 atom stereocenters. The molecule has 1 aromatic carbocycles. The summed E-state index contributed by atoms with van der Waals surface area (Å²) in [6.07, 6.45) is -4.73. The zero-order chi connectivity index (χ0) is 18.0. The molecular weight excluding hydrogens is 317 g/mol. The van der Waals surface area contributed by atoms with Crippen LogP contribution < -0.4 is 0 Å². The van der Waals surface area contributed by atoms with E-state index in [1.807, 2.05) is 19.9 Å². The van der Waals surface area contributed by atoms with Crippen molar-refractivity contribution in [2.75, 3.05) is 6.61 Å². The van der Waals surface area contributed by atoms with Crippen LogP contribution in [0.15, 0.2) is 30.3 Å². The summed E-state index contributed by atoms with van der Waals surface area (Å²) >= 11 is 0. The highest BCUT2D eigenvalue weighted by Gasteiger charge is 2.38. The van der Waals surface area contributed by atoms with E-state index >= 15 is 0 Å². The van der Waals surface area contributed by atoms with E-state index in [0.29, 0.717) is 12.0 Å². The average molecular weight is 334 g/mol. The number of esters is 1. The van der Waals surface area contributed by atoms with Crippen molar-refractivity contribution < 1.29 is 37.4 Å². The number of carboxylic acids is 1. The van der Waals surface area contributed by atoms with Crippen LogP contribution in [0.4, 0.5) is 13.2 Å². The number of carboxylic acid groups (broad SMARTS) is 1. The van der Waals surface area contributed by atoms with E-state index in [1.165, 1.54) is 0 Å². The summed E-state index contributed by atoms with van der Waals surface area (Å²) in [5, 5.41) is 7.12. The van der Waals surface area contributed by atoms with Gasteiger partial charge < -0.3 is 9.84 Å². The molecule has 8 heteroatoms. The normalized spacial score (nSPS) is 10.5. The van der Waals surface area contributed by atoms with Gasteiger partial charge in [-0.25, -0.2) is 4.79 Å². The van der Waals surface area contributed by atoms with Crippen molar-refractivity contribution in [1.29, 1.82) is 0 Å². The van der Waals surface area contributed by atoms with Gasteiger partial charge in [0.2, 0.25) is 0 Å². The Bertz CT molecular complexity index is 524. The number of halogens is 3. The van der Waals surface area contributed by atoms with Gasteiger partial charge in [-0.15, -0.1) is 0 Å². The minimum absolute atomic E-state index is 0.169. The molecule has 0 unspecified atom stereocenters. The monoisotopic (exact) mass is 334 g/mol. The fraction of sp³-hybridized carbons (Fsp3) is 0.400. The van der Waals surface area contributed by atoms with Crippen molar-refractivity contribution in [1.82, 2.24) is 0 Å². The molecule has 128 valence electrons. The summed E-state index contributed by atoms with van der Waals surface area (Å²) in [4.78, 5) is 31.7. The molecule has 0 aliphatic heterocycles. The number of carbonyl (C=O) groups is 3. The van der Waals surface area contributed by atoms with Crippen molar-refractivity contribution in [3.63, 3.8) is 0 Å². The molecule has 0 bridgehead atoms. The van der Waals surface area contributed by atoms with Crippen LogP contribution in [0.2, 0.25) is 0 Å². The number of hydrogen-bond donors (Lipinski definition) is 1. The zero-order valence-corrected chi connectivity index (χ0v) is 12.6. The second-order valence-electron chi connectivity index (χ2n) is 4.85. The molecule has 23 heavy (non-hydrogen) atoms. The van der Waals surface area contributed by atoms with Crippen LogP contribution in [0.1, 0.15) is 30.6 Å². The minimum Gasteiger partial charge on any atom is -0.475 e. The molecule has 0 aliphatic rings. The standard InChI is InChI=1S/C13H16O3.C2HF3O2/c1-10(2)8-13(15)16-9-12(14)11-6-4-3-5-7-11;3-2(4,5)1(6)7/h3-7,10H,8-9H2,1-2H3;(H,6,7). The van der Waals surface area contributed by atoms with Crippen LogP contribution in [0.25, 0.3) is 0 Å². The van der Waals surface area contributed by atoms with E-state index in [0.717, 1.165) is 0 Å². The number of carbonyl (C=O) groups excluding carboxylic acids is 2. The smallest absolute Gasteiger partial charge is 0.475 e. The highest BCUT2D eigenvalue weighted by molar-refractivity contribution is 5.97. The summed E-state index contributed by atoms with van der Waals surface area (Å²) in [5.74, 6) is -3.00. The van der Waals surface area contributed by atoms with Crippen LogP contribution in [0.5, 0.6) is 0 Å². The second kappa shape index (κ2) is 9.60. The number of Topliss-reactive ketones (excluding diaryl/α,β-unsaturated/α-hetero) is 1. The molecule has 5 nitrogen and oxygen atoms in total. The van der Waals surface area contributed by atoms with Gasteiger partial charge in [0.05, 0.1) is 0 Å². The number of rotatable bonds is 5. The van der Waals surface area contributed by atoms with Crippen molar-refractivity contribution in [2.24, 2.45) is 5.92 Å². The molecule has 1 rings (SSSR count). The van der Waals surface area contributed by atoms with E-state index in [1.54, 1.807) is 24.3 Å². The third kappa shape index (κ3) is 10.0. The zero-order valence-electron chi connectivity index (χ0n) is 12.6. The van der Waals surface area contributed by atoms with E-state index in [-0.39, 0.29) is 24.3 Å². The van der Waals surface area contributed by atoms with Crippen LogP contribution in [0, 0.1) is 5.92 Å². The van der Waals surface area contributed by atoms with E-state index in [9.17, 15) is 22.8 Å². The molecule has 1 aromatic rings. The van der Waals surface area contributed by atoms with Crippen molar-refractivity contribution >= 4 is 17.7 Å². The Hall–Kier alpha value is -2.38. The van der Waals surface area contributed by atoms with Crippen molar-refractivity contribution in [3.05, 3.63) is 35.9 Å². The maximum Gasteiger partial charge on any atom is 0.490 e. The molecule has 1 N–H and O–H groups in total. The largest absolute Gasteiger partial charge is 0.490 e. The van der Waals surface area contributed by atoms with E-state index in [2.05, 4.69) is 0 Å². The number of alkyl halides is 3. The lowest BCUT2D eigenvalue weighted by Gasteiger charge is -2.05. The first-order chi connectivity index (χ1) is 10.5. The number of hydrogen-bond acceptors (Lipinski definition) is 4. The number of ketones is 1. The molecule has 0 saturated heterocycles. The molecule has 0 amide bonds. The van der Waals surface area contributed by atoms with Crippen LogP contribution >= 0.6 is 0 Å². The molecule has 0 aromatic heterocycles. The van der Waals surface area contributed by atoms with E-state index < -0.39 is 12.1 Å². The lowest BCUT2D eigenvalue weighted by molar-refractivity contribution is -0.192. The first-order valence-corrected chi connectivity index (χ1v) is 6.58. The lowest BCUT2D eigenvalue weighted by Crippen LogP contribution is -2.21. The first-order valence-electron chi connectivity index (χ1n) is 6.58. The summed E-state index contributed by atoms with van der Waals surface area (Å²) in [6, 6.07) is 8.81. The SMILES string of the molecule is CC(C)CC(=O)OCC(=O)c1ccccc1.O=C(O)C(F)(F)F. The minimum atomic E-state index is -5.08. The highest BCUT2D eigenvalue weighted by atomic mass is 19.4. The van der Waals surface area contributed by atoms with Crippen LogP contribution in [-0.4, -0.2) is 35.6 Å². The second-order valence-corrected chi connectivity index (χ2v) is 4.85. The number of aliphatic carboxylic acids is 1. The Morgan fingerprint density at radius 3 is 2.00 bits per heavy atom. The number of benzene rings is 1. The predicted molar refractivity (Wildman–Crippen MR) is 74.9 cm³/mol. The third-order valence-electron chi connectivity index (χ3n) is 2.28. The molecule has 0 aliphatic carbocycles. The van der Waals surface area contributed by atoms with Crippen molar-refractivity contribution in [2.45, 2.75) is 26.4 Å². The van der Waals surface area contributed by atoms with E-state index in [4.69, 9.17) is 14.6 Å². The van der Waals surface area contributed by atoms with Gasteiger partial charge in [-0.05, 0) is 5.92 Å². The molecular formula is C15H17F3O5. The summed E-state index contributed by atoms with van der Waals surface area (Å²) in [7, 11) is 0. The molecule has 0 spiro atoms. The van der Waals surface area contributed by atoms with Gasteiger partial charge in [0, 0.05) is 12.0 Å². The maximum absolute atomic E-state index is 11.6. The maximum atomic E-state index is 11.6. The molecule has 0 heterocycles. The Morgan fingerprint density at radius 2 is 1.61 bits per heavy atom. The Kier molecular flexibility index (Phi) is 8.61. The Morgan fingerprint density at radius 1 is 1.13 bits per heavy atom. The van der Waals surface area contributed by atoms with Crippen LogP contribution in [-0.2, 0) is 14.3 Å². The van der Waals surface area contributed by atoms with Gasteiger partial charge in [-0.1, -0.05) is 44.2 Å². The lowest BCUT2D eigenvalue weighted by atomic mass is 10.1. The summed E-state index contributed by atoms with van der Waals surface area (Å²) < 4.78 is 36.6. The third-order valence-corrected chi connectivity index (χ3v) is 2.28. The van der Waals surface area contributed by atoms with Crippen LogP contribution in [0.3, 0.4) is 0 Å². The Labute approximate surface area is 131 Å². The van der Waals surface area contributed by atoms with Gasteiger partial charge in [0.25, 0.3) is 0 Å². The van der Waals surface area contributed by atoms with Gasteiger partial charge in [-0.3, -0.25) is 9.59 Å². The summed E-state index contributed by atoms with van der Waals surface area (Å²) in [5.41, 5.74) is 0.569. The topological polar surface area (TPSA) is 80.7 Å². The van der Waals surface area contributed by atoms with Gasteiger partial charge in [-0.2, -0.15) is 13.2 Å². The predicted octanol–water partition coefficient (Wildman–Crippen LogP) is 3.09. The molecule has 0 radical (unpaired) electrons. The van der Waals surface area contributed by atoms with Gasteiger partial charge in [0.1, 0.15) is 0 Å². The molecule has 0 fully saturated rings.